The molecule has 9 nitrogen and oxygen atoms in total. The molecule has 3 aromatic heterocycles. The molecule has 6 rings (SSSR count). The van der Waals surface area contributed by atoms with Crippen LogP contribution in [0.25, 0.3) is 40.0 Å². The zero-order valence-electron chi connectivity index (χ0n) is 21.3. The van der Waals surface area contributed by atoms with E-state index in [1.807, 2.05) is 77.5 Å². The van der Waals surface area contributed by atoms with Gasteiger partial charge < -0.3 is 20.1 Å². The van der Waals surface area contributed by atoms with Crippen molar-refractivity contribution in [1.29, 1.82) is 0 Å². The maximum Gasteiger partial charge on any atom is 0.305 e. The van der Waals surface area contributed by atoms with Crippen molar-refractivity contribution in [3.63, 3.8) is 0 Å². The van der Waals surface area contributed by atoms with E-state index < -0.39 is 5.97 Å². The SMILES string of the molecule is O=C(O)CCNc1ccc(-c2c(C=Cc3ccc4ccccc4n3)nc3c(N4CCOCC4)ccnn23)cc1. The van der Waals surface area contributed by atoms with E-state index in [4.69, 9.17) is 19.8 Å². The van der Waals surface area contributed by atoms with Crippen molar-refractivity contribution in [2.75, 3.05) is 43.1 Å². The minimum atomic E-state index is -0.829. The van der Waals surface area contributed by atoms with Crippen LogP contribution in [0.1, 0.15) is 17.8 Å². The number of nitrogens with zero attached hydrogens (tertiary/aromatic N) is 5. The molecule has 9 heteroatoms. The first-order valence-electron chi connectivity index (χ1n) is 13.0. The number of aromatic nitrogens is 4. The number of imidazole rings is 1. The summed E-state index contributed by atoms with van der Waals surface area (Å²) in [6.45, 7) is 3.31. The fourth-order valence-corrected chi connectivity index (χ4v) is 4.79. The van der Waals surface area contributed by atoms with Gasteiger partial charge in [-0.25, -0.2) is 14.5 Å². The minimum Gasteiger partial charge on any atom is -0.481 e. The average Bonchev–Trinajstić information content (AvgIpc) is 3.35. The Labute approximate surface area is 225 Å². The Bertz CT molecular complexity index is 1660. The summed E-state index contributed by atoms with van der Waals surface area (Å²) in [5.74, 6) is -0.829. The Hall–Kier alpha value is -4.76. The van der Waals surface area contributed by atoms with Gasteiger partial charge in [0, 0.05) is 36.3 Å². The first-order valence-corrected chi connectivity index (χ1v) is 13.0. The molecular formula is C30H28N6O3. The van der Waals surface area contributed by atoms with Crippen LogP contribution >= 0.6 is 0 Å². The molecule has 1 aliphatic rings. The smallest absolute Gasteiger partial charge is 0.305 e. The van der Waals surface area contributed by atoms with Crippen LogP contribution in [0.3, 0.4) is 0 Å². The zero-order valence-corrected chi connectivity index (χ0v) is 21.3. The topological polar surface area (TPSA) is 105 Å². The summed E-state index contributed by atoms with van der Waals surface area (Å²) < 4.78 is 7.45. The number of ether oxygens (including phenoxy) is 1. The number of benzene rings is 2. The van der Waals surface area contributed by atoms with Gasteiger partial charge >= 0.3 is 5.97 Å². The molecule has 0 unspecified atom stereocenters. The Balaban J connectivity index is 1.40. The lowest BCUT2D eigenvalue weighted by Crippen LogP contribution is -2.36. The number of carboxylic acid groups (broad SMARTS) is 1. The summed E-state index contributed by atoms with van der Waals surface area (Å²) in [7, 11) is 0. The number of hydrogen-bond acceptors (Lipinski definition) is 7. The molecule has 4 heterocycles. The molecule has 1 aliphatic heterocycles. The summed E-state index contributed by atoms with van der Waals surface area (Å²) >= 11 is 0. The van der Waals surface area contributed by atoms with Crippen molar-refractivity contribution < 1.29 is 14.6 Å². The van der Waals surface area contributed by atoms with Gasteiger partial charge in [0.05, 0.1) is 48.4 Å². The van der Waals surface area contributed by atoms with Crippen molar-refractivity contribution in [3.05, 3.63) is 84.3 Å². The summed E-state index contributed by atoms with van der Waals surface area (Å²) in [4.78, 5) is 23.0. The van der Waals surface area contributed by atoms with Gasteiger partial charge in [-0.3, -0.25) is 4.79 Å². The van der Waals surface area contributed by atoms with Gasteiger partial charge in [-0.1, -0.05) is 36.4 Å². The highest BCUT2D eigenvalue weighted by atomic mass is 16.5. The van der Waals surface area contributed by atoms with Crippen molar-refractivity contribution in [2.45, 2.75) is 6.42 Å². The number of nitrogens with one attached hydrogen (secondary N) is 1. The van der Waals surface area contributed by atoms with Crippen LogP contribution in [0, 0.1) is 0 Å². The third kappa shape index (κ3) is 5.30. The number of anilines is 2. The third-order valence-corrected chi connectivity index (χ3v) is 6.74. The van der Waals surface area contributed by atoms with Gasteiger partial charge in [-0.05, 0) is 42.5 Å². The van der Waals surface area contributed by atoms with E-state index in [9.17, 15) is 4.79 Å². The van der Waals surface area contributed by atoms with Gasteiger partial charge in [0.15, 0.2) is 5.65 Å². The number of carboxylic acids is 1. The van der Waals surface area contributed by atoms with Crippen molar-refractivity contribution >= 4 is 46.0 Å². The highest BCUT2D eigenvalue weighted by molar-refractivity contribution is 5.85. The van der Waals surface area contributed by atoms with Crippen LogP contribution in [0.4, 0.5) is 11.4 Å². The Morgan fingerprint density at radius 2 is 1.79 bits per heavy atom. The molecule has 196 valence electrons. The van der Waals surface area contributed by atoms with Crippen LogP contribution in [-0.4, -0.2) is 63.5 Å². The molecule has 2 aromatic carbocycles. The minimum absolute atomic E-state index is 0.0565. The maximum atomic E-state index is 10.9. The predicted octanol–water partition coefficient (Wildman–Crippen LogP) is 4.84. The van der Waals surface area contributed by atoms with E-state index >= 15 is 0 Å². The van der Waals surface area contributed by atoms with Crippen LogP contribution in [-0.2, 0) is 9.53 Å². The van der Waals surface area contributed by atoms with Crippen LogP contribution in [0.5, 0.6) is 0 Å². The van der Waals surface area contributed by atoms with Crippen molar-refractivity contribution in [1.82, 2.24) is 19.6 Å². The number of aliphatic carboxylic acids is 1. The van der Waals surface area contributed by atoms with Gasteiger partial charge in [0.2, 0.25) is 0 Å². The largest absolute Gasteiger partial charge is 0.481 e. The molecular weight excluding hydrogens is 492 g/mol. The Morgan fingerprint density at radius 1 is 0.974 bits per heavy atom. The molecule has 39 heavy (non-hydrogen) atoms. The van der Waals surface area contributed by atoms with Gasteiger partial charge in [-0.15, -0.1) is 0 Å². The molecule has 0 bridgehead atoms. The molecule has 1 fully saturated rings. The zero-order chi connectivity index (χ0) is 26.6. The molecule has 0 spiro atoms. The fourth-order valence-electron chi connectivity index (χ4n) is 4.79. The first-order chi connectivity index (χ1) is 19.2. The van der Waals surface area contributed by atoms with E-state index in [1.54, 1.807) is 0 Å². The average molecular weight is 521 g/mol. The monoisotopic (exact) mass is 520 g/mol. The molecule has 0 saturated carbocycles. The molecule has 5 aromatic rings. The quantitative estimate of drug-likeness (QED) is 0.300. The van der Waals surface area contributed by atoms with Gasteiger partial charge in [-0.2, -0.15) is 5.10 Å². The van der Waals surface area contributed by atoms with Gasteiger partial charge in [0.25, 0.3) is 0 Å². The first kappa shape index (κ1) is 24.6. The molecule has 0 radical (unpaired) electrons. The predicted molar refractivity (Wildman–Crippen MR) is 153 cm³/mol. The number of morpholine rings is 1. The summed E-state index contributed by atoms with van der Waals surface area (Å²) in [6.07, 6.45) is 5.83. The normalized spacial score (nSPS) is 13.9. The lowest BCUT2D eigenvalue weighted by Gasteiger charge is -2.28. The molecule has 0 amide bonds. The third-order valence-electron chi connectivity index (χ3n) is 6.74. The molecule has 1 saturated heterocycles. The Morgan fingerprint density at radius 3 is 2.62 bits per heavy atom. The van der Waals surface area contributed by atoms with E-state index in [-0.39, 0.29) is 6.42 Å². The van der Waals surface area contributed by atoms with Crippen LogP contribution in [0.2, 0.25) is 0 Å². The van der Waals surface area contributed by atoms with E-state index in [0.717, 1.165) is 63.7 Å². The second kappa shape index (κ2) is 10.9. The summed E-state index contributed by atoms with van der Waals surface area (Å²) in [6, 6.07) is 22.0. The molecule has 0 aliphatic carbocycles. The standard InChI is InChI=1S/C30H28N6O3/c37-28(38)14-15-31-23-8-6-22(7-9-23)29-26(12-11-24-10-5-21-3-1-2-4-25(21)33-24)34-30-27(13-16-32-36(29)30)35-17-19-39-20-18-35/h1-13,16,31H,14-15,17-20H2,(H,37,38). The van der Waals surface area contributed by atoms with E-state index in [1.165, 1.54) is 0 Å². The molecule has 0 atom stereocenters. The number of rotatable bonds is 8. The summed E-state index contributed by atoms with van der Waals surface area (Å²) in [5.41, 5.74) is 7.04. The second-order valence-electron chi connectivity index (χ2n) is 9.31. The van der Waals surface area contributed by atoms with Crippen LogP contribution in [0.15, 0.2) is 72.9 Å². The number of fused-ring (bicyclic) bond motifs is 2. The Kier molecular flexibility index (Phi) is 6.88. The number of pyridine rings is 1. The molecule has 2 N–H and O–H groups in total. The summed E-state index contributed by atoms with van der Waals surface area (Å²) in [5, 5.41) is 17.9. The highest BCUT2D eigenvalue weighted by Gasteiger charge is 2.20. The lowest BCUT2D eigenvalue weighted by atomic mass is 10.1. The second-order valence-corrected chi connectivity index (χ2v) is 9.31. The number of hydrogen-bond donors (Lipinski definition) is 2. The number of para-hydroxylation sites is 1. The van der Waals surface area contributed by atoms with Crippen LogP contribution < -0.4 is 10.2 Å². The van der Waals surface area contributed by atoms with E-state index in [2.05, 4.69) is 27.4 Å². The number of carbonyl (C=O) groups is 1. The highest BCUT2D eigenvalue weighted by Crippen LogP contribution is 2.31. The lowest BCUT2D eigenvalue weighted by molar-refractivity contribution is -0.136. The van der Waals surface area contributed by atoms with Crippen molar-refractivity contribution in [3.8, 4) is 11.3 Å². The van der Waals surface area contributed by atoms with E-state index in [0.29, 0.717) is 19.8 Å². The fraction of sp³-hybridized carbons (Fsp3) is 0.200. The maximum absolute atomic E-state index is 10.9. The van der Waals surface area contributed by atoms with Crippen molar-refractivity contribution in [2.24, 2.45) is 0 Å². The van der Waals surface area contributed by atoms with Gasteiger partial charge in [0.1, 0.15) is 5.69 Å².